The molecule has 0 aliphatic rings. The van der Waals surface area contributed by atoms with Gasteiger partial charge in [-0.3, -0.25) is 4.68 Å². The number of rotatable bonds is 6. The molecule has 0 aliphatic carbocycles. The van der Waals surface area contributed by atoms with E-state index >= 15 is 0 Å². The number of nitrogens with one attached hydrogen (secondary N) is 1. The third-order valence-electron chi connectivity index (χ3n) is 3.71. The van der Waals surface area contributed by atoms with Gasteiger partial charge in [0.2, 0.25) is 0 Å². The van der Waals surface area contributed by atoms with Crippen LogP contribution in [0, 0.1) is 19.7 Å². The van der Waals surface area contributed by atoms with E-state index in [2.05, 4.69) is 30.3 Å². The van der Waals surface area contributed by atoms with E-state index in [0.717, 1.165) is 37.3 Å². The normalized spacial score (nSPS) is 11.1. The Morgan fingerprint density at radius 3 is 2.33 bits per heavy atom. The summed E-state index contributed by atoms with van der Waals surface area (Å²) in [7, 11) is 0. The van der Waals surface area contributed by atoms with Crippen LogP contribution in [0.3, 0.4) is 0 Å². The van der Waals surface area contributed by atoms with Crippen molar-refractivity contribution in [3.8, 4) is 0 Å². The van der Waals surface area contributed by atoms with Crippen molar-refractivity contribution in [2.75, 3.05) is 0 Å². The van der Waals surface area contributed by atoms with Crippen molar-refractivity contribution in [2.45, 2.75) is 53.8 Å². The maximum atomic E-state index is 13.6. The number of halogens is 1. The minimum Gasteiger partial charge on any atom is -0.307 e. The van der Waals surface area contributed by atoms with Crippen LogP contribution in [0.4, 0.5) is 4.39 Å². The molecule has 21 heavy (non-hydrogen) atoms. The Labute approximate surface area is 126 Å². The molecule has 2 rings (SSSR count). The summed E-state index contributed by atoms with van der Waals surface area (Å²) in [6, 6.07) is 5.96. The van der Waals surface area contributed by atoms with E-state index < -0.39 is 0 Å². The molecule has 0 radical (unpaired) electrons. The Morgan fingerprint density at radius 1 is 1.10 bits per heavy atom. The van der Waals surface area contributed by atoms with Gasteiger partial charge in [-0.1, -0.05) is 19.1 Å². The van der Waals surface area contributed by atoms with Crippen molar-refractivity contribution < 1.29 is 4.39 Å². The smallest absolute Gasteiger partial charge is 0.129 e. The van der Waals surface area contributed by atoms with E-state index in [0.29, 0.717) is 11.1 Å². The number of nitrogens with zero attached hydrogens (tertiary/aromatic N) is 2. The van der Waals surface area contributed by atoms with E-state index in [1.165, 1.54) is 5.69 Å². The Hall–Kier alpha value is -1.68. The molecule has 0 amide bonds. The van der Waals surface area contributed by atoms with Crippen LogP contribution in [0.15, 0.2) is 18.2 Å². The minimum absolute atomic E-state index is 0.101. The zero-order chi connectivity index (χ0) is 15.4. The number of aryl methyl sites for hydroxylation is 4. The first kappa shape index (κ1) is 15.7. The lowest BCUT2D eigenvalue weighted by Gasteiger charge is -2.09. The lowest BCUT2D eigenvalue weighted by atomic mass is 10.1. The summed E-state index contributed by atoms with van der Waals surface area (Å²) in [4.78, 5) is 0. The van der Waals surface area contributed by atoms with Crippen LogP contribution in [-0.4, -0.2) is 9.78 Å². The molecule has 1 heterocycles. The summed E-state index contributed by atoms with van der Waals surface area (Å²) in [6.07, 6.45) is 0.955. The number of hydrogen-bond acceptors (Lipinski definition) is 2. The molecule has 4 heteroatoms. The first-order chi connectivity index (χ1) is 10.0. The van der Waals surface area contributed by atoms with E-state index in [4.69, 9.17) is 0 Å². The number of benzene rings is 1. The monoisotopic (exact) mass is 289 g/mol. The van der Waals surface area contributed by atoms with Crippen LogP contribution in [0.5, 0.6) is 0 Å². The van der Waals surface area contributed by atoms with Crippen molar-refractivity contribution >= 4 is 0 Å². The van der Waals surface area contributed by atoms with E-state index in [1.54, 1.807) is 0 Å². The highest BCUT2D eigenvalue weighted by Crippen LogP contribution is 2.14. The molecule has 0 saturated carbocycles. The Morgan fingerprint density at radius 2 is 1.76 bits per heavy atom. The highest BCUT2D eigenvalue weighted by atomic mass is 19.1. The number of aromatic nitrogens is 2. The second-order valence-electron chi connectivity index (χ2n) is 5.44. The zero-order valence-corrected chi connectivity index (χ0v) is 13.3. The largest absolute Gasteiger partial charge is 0.307 e. The van der Waals surface area contributed by atoms with Gasteiger partial charge in [0.25, 0.3) is 0 Å². The fourth-order valence-corrected chi connectivity index (χ4v) is 2.58. The minimum atomic E-state index is -0.101. The lowest BCUT2D eigenvalue weighted by molar-refractivity contribution is 0.575. The van der Waals surface area contributed by atoms with Gasteiger partial charge in [-0.2, -0.15) is 5.10 Å². The predicted molar refractivity (Wildman–Crippen MR) is 83.7 cm³/mol. The molecule has 1 aromatic carbocycles. The van der Waals surface area contributed by atoms with Gasteiger partial charge in [-0.25, -0.2) is 4.39 Å². The summed E-state index contributed by atoms with van der Waals surface area (Å²) in [5, 5.41) is 7.96. The quantitative estimate of drug-likeness (QED) is 0.882. The van der Waals surface area contributed by atoms with Crippen molar-refractivity contribution in [1.82, 2.24) is 15.1 Å². The molecule has 0 fully saturated rings. The number of hydrogen-bond donors (Lipinski definition) is 1. The van der Waals surface area contributed by atoms with E-state index in [1.807, 2.05) is 30.7 Å². The van der Waals surface area contributed by atoms with Crippen LogP contribution >= 0.6 is 0 Å². The fourth-order valence-electron chi connectivity index (χ4n) is 2.58. The third kappa shape index (κ3) is 3.70. The summed E-state index contributed by atoms with van der Waals surface area (Å²) < 4.78 is 15.6. The molecule has 2 aromatic rings. The van der Waals surface area contributed by atoms with E-state index in [-0.39, 0.29) is 5.82 Å². The molecule has 0 aliphatic heterocycles. The highest BCUT2D eigenvalue weighted by molar-refractivity contribution is 5.30. The van der Waals surface area contributed by atoms with Crippen LogP contribution in [0.1, 0.15) is 41.9 Å². The van der Waals surface area contributed by atoms with Gasteiger partial charge in [0.15, 0.2) is 0 Å². The van der Waals surface area contributed by atoms with Gasteiger partial charge >= 0.3 is 0 Å². The average molecular weight is 289 g/mol. The predicted octanol–water partition coefficient (Wildman–Crippen LogP) is 3.51. The van der Waals surface area contributed by atoms with Crippen molar-refractivity contribution in [2.24, 2.45) is 0 Å². The van der Waals surface area contributed by atoms with Crippen LogP contribution in [0.2, 0.25) is 0 Å². The van der Waals surface area contributed by atoms with Gasteiger partial charge in [-0.05, 0) is 49.9 Å². The molecule has 0 atom stereocenters. The van der Waals surface area contributed by atoms with Crippen molar-refractivity contribution in [3.05, 3.63) is 52.1 Å². The molecule has 0 spiro atoms. The van der Waals surface area contributed by atoms with Crippen molar-refractivity contribution in [3.63, 3.8) is 0 Å². The molecular formula is C17H24FN3. The fraction of sp³-hybridized carbons (Fsp3) is 0.471. The first-order valence-corrected chi connectivity index (χ1v) is 7.57. The molecule has 1 aromatic heterocycles. The molecule has 0 unspecified atom stereocenters. The molecule has 114 valence electrons. The molecule has 1 N–H and O–H groups in total. The molecular weight excluding hydrogens is 265 g/mol. The van der Waals surface area contributed by atoms with Crippen molar-refractivity contribution in [1.29, 1.82) is 0 Å². The third-order valence-corrected chi connectivity index (χ3v) is 3.71. The second-order valence-corrected chi connectivity index (χ2v) is 5.44. The van der Waals surface area contributed by atoms with Gasteiger partial charge in [0.1, 0.15) is 5.82 Å². The van der Waals surface area contributed by atoms with Crippen LogP contribution in [0.25, 0.3) is 0 Å². The van der Waals surface area contributed by atoms with Gasteiger partial charge < -0.3 is 5.32 Å². The Kier molecular flexibility index (Phi) is 5.12. The van der Waals surface area contributed by atoms with Gasteiger partial charge in [-0.15, -0.1) is 0 Å². The summed E-state index contributed by atoms with van der Waals surface area (Å²) in [6.45, 7) is 10.2. The summed E-state index contributed by atoms with van der Waals surface area (Å²) in [5.74, 6) is -0.101. The van der Waals surface area contributed by atoms with E-state index in [9.17, 15) is 4.39 Å². The zero-order valence-electron chi connectivity index (χ0n) is 13.3. The Balaban J connectivity index is 2.00. The summed E-state index contributed by atoms with van der Waals surface area (Å²) in [5.41, 5.74) is 4.86. The second kappa shape index (κ2) is 6.85. The van der Waals surface area contributed by atoms with Crippen LogP contribution in [-0.2, 0) is 26.1 Å². The van der Waals surface area contributed by atoms with Gasteiger partial charge in [0.05, 0.1) is 11.4 Å². The maximum Gasteiger partial charge on any atom is 0.129 e. The summed E-state index contributed by atoms with van der Waals surface area (Å²) >= 11 is 0. The molecule has 0 saturated heterocycles. The first-order valence-electron chi connectivity index (χ1n) is 7.57. The Bertz CT molecular complexity index is 593. The topological polar surface area (TPSA) is 29.9 Å². The SMILES string of the molecule is CCc1cc(CNCc2cc(C)c(F)c(C)c2)n(CC)n1. The van der Waals surface area contributed by atoms with Crippen LogP contribution < -0.4 is 5.32 Å². The lowest BCUT2D eigenvalue weighted by Crippen LogP contribution is -2.16. The molecule has 3 nitrogen and oxygen atoms in total. The highest BCUT2D eigenvalue weighted by Gasteiger charge is 2.07. The maximum absolute atomic E-state index is 13.6. The standard InChI is InChI=1S/C17H24FN3/c1-5-15-9-16(21(6-2)20-15)11-19-10-14-7-12(3)17(18)13(4)8-14/h7-9,19H,5-6,10-11H2,1-4H3. The van der Waals surface area contributed by atoms with Gasteiger partial charge in [0, 0.05) is 19.6 Å². The average Bonchev–Trinajstić information content (AvgIpc) is 2.87. The molecule has 0 bridgehead atoms.